The van der Waals surface area contributed by atoms with E-state index < -0.39 is 18.0 Å². The fourth-order valence-corrected chi connectivity index (χ4v) is 1.52. The summed E-state index contributed by atoms with van der Waals surface area (Å²) in [5.41, 5.74) is 0.993. The van der Waals surface area contributed by atoms with Crippen molar-refractivity contribution >= 4 is 11.9 Å². The standard InChI is InChI=1S/C12H12O4/c13-11-7-6-10(12(14)16-11)15-8-9-4-2-1-3-5-9/h1-5,10H,6-8H2. The molecule has 0 N–H and O–H groups in total. The molecule has 1 aromatic carbocycles. The number of ether oxygens (including phenoxy) is 2. The lowest BCUT2D eigenvalue weighted by molar-refractivity contribution is -0.175. The number of hydrogen-bond acceptors (Lipinski definition) is 4. The monoisotopic (exact) mass is 220 g/mol. The zero-order valence-electron chi connectivity index (χ0n) is 8.72. The van der Waals surface area contributed by atoms with E-state index in [0.29, 0.717) is 13.0 Å². The van der Waals surface area contributed by atoms with Crippen molar-refractivity contribution < 1.29 is 19.1 Å². The topological polar surface area (TPSA) is 52.6 Å². The van der Waals surface area contributed by atoms with E-state index in [0.717, 1.165) is 5.56 Å². The van der Waals surface area contributed by atoms with Crippen molar-refractivity contribution in [2.75, 3.05) is 0 Å². The van der Waals surface area contributed by atoms with Gasteiger partial charge in [0.05, 0.1) is 6.61 Å². The van der Waals surface area contributed by atoms with Crippen LogP contribution >= 0.6 is 0 Å². The minimum Gasteiger partial charge on any atom is -0.391 e. The highest BCUT2D eigenvalue weighted by atomic mass is 16.6. The summed E-state index contributed by atoms with van der Waals surface area (Å²) >= 11 is 0. The van der Waals surface area contributed by atoms with E-state index in [1.807, 2.05) is 30.3 Å². The molecule has 1 aromatic rings. The van der Waals surface area contributed by atoms with Gasteiger partial charge < -0.3 is 9.47 Å². The normalized spacial score (nSPS) is 20.6. The van der Waals surface area contributed by atoms with Crippen LogP contribution in [0.2, 0.25) is 0 Å². The molecule has 16 heavy (non-hydrogen) atoms. The number of carbonyl (C=O) groups is 2. The molecule has 0 amide bonds. The summed E-state index contributed by atoms with van der Waals surface area (Å²) in [7, 11) is 0. The molecule has 0 aromatic heterocycles. The molecule has 84 valence electrons. The first kappa shape index (κ1) is 10.8. The highest BCUT2D eigenvalue weighted by molar-refractivity contribution is 5.90. The van der Waals surface area contributed by atoms with Crippen molar-refractivity contribution in [2.24, 2.45) is 0 Å². The zero-order valence-corrected chi connectivity index (χ0v) is 8.72. The van der Waals surface area contributed by atoms with Gasteiger partial charge in [-0.05, 0) is 12.0 Å². The van der Waals surface area contributed by atoms with E-state index in [-0.39, 0.29) is 6.42 Å². The molecule has 4 nitrogen and oxygen atoms in total. The molecule has 1 heterocycles. The van der Waals surface area contributed by atoms with Crippen LogP contribution in [-0.2, 0) is 25.7 Å². The van der Waals surface area contributed by atoms with Gasteiger partial charge in [0.25, 0.3) is 0 Å². The lowest BCUT2D eigenvalue weighted by atomic mass is 10.1. The maximum absolute atomic E-state index is 11.3. The van der Waals surface area contributed by atoms with Gasteiger partial charge in [0.1, 0.15) is 0 Å². The average Bonchev–Trinajstić information content (AvgIpc) is 2.29. The molecule has 1 aliphatic rings. The fraction of sp³-hybridized carbons (Fsp3) is 0.333. The average molecular weight is 220 g/mol. The first-order valence-corrected chi connectivity index (χ1v) is 5.16. The van der Waals surface area contributed by atoms with Gasteiger partial charge >= 0.3 is 11.9 Å². The second kappa shape index (κ2) is 4.90. The van der Waals surface area contributed by atoms with Gasteiger partial charge in [-0.25, -0.2) is 4.79 Å². The van der Waals surface area contributed by atoms with Crippen LogP contribution in [0.1, 0.15) is 18.4 Å². The van der Waals surface area contributed by atoms with Crippen LogP contribution in [0.4, 0.5) is 0 Å². The summed E-state index contributed by atoms with van der Waals surface area (Å²) in [6.07, 6.45) is 0.0355. The van der Waals surface area contributed by atoms with Crippen LogP contribution < -0.4 is 0 Å². The molecule has 0 bridgehead atoms. The van der Waals surface area contributed by atoms with E-state index in [9.17, 15) is 9.59 Å². The second-order valence-electron chi connectivity index (χ2n) is 3.62. The van der Waals surface area contributed by atoms with Crippen molar-refractivity contribution in [3.05, 3.63) is 35.9 Å². The van der Waals surface area contributed by atoms with Gasteiger partial charge in [-0.2, -0.15) is 0 Å². The lowest BCUT2D eigenvalue weighted by Crippen LogP contribution is -2.34. The number of carbonyl (C=O) groups excluding carboxylic acids is 2. The Morgan fingerprint density at radius 1 is 1.25 bits per heavy atom. The largest absolute Gasteiger partial charge is 0.391 e. The van der Waals surface area contributed by atoms with Crippen LogP contribution in [0.25, 0.3) is 0 Å². The molecule has 0 spiro atoms. The summed E-state index contributed by atoms with van der Waals surface area (Å²) < 4.78 is 9.89. The number of benzene rings is 1. The molecule has 1 unspecified atom stereocenters. The van der Waals surface area contributed by atoms with Crippen LogP contribution in [-0.4, -0.2) is 18.0 Å². The van der Waals surface area contributed by atoms with Gasteiger partial charge in [-0.1, -0.05) is 30.3 Å². The molecule has 1 aliphatic heterocycles. The van der Waals surface area contributed by atoms with Gasteiger partial charge in [-0.3, -0.25) is 4.79 Å². The van der Waals surface area contributed by atoms with Crippen LogP contribution in [0, 0.1) is 0 Å². The van der Waals surface area contributed by atoms with Gasteiger partial charge in [0, 0.05) is 6.42 Å². The molecule has 0 radical (unpaired) electrons. The van der Waals surface area contributed by atoms with Crippen molar-refractivity contribution in [3.8, 4) is 0 Å². The zero-order chi connectivity index (χ0) is 11.4. The summed E-state index contributed by atoms with van der Waals surface area (Å²) in [5, 5.41) is 0. The predicted octanol–water partition coefficient (Wildman–Crippen LogP) is 1.44. The molecule has 1 saturated heterocycles. The molecule has 1 fully saturated rings. The number of esters is 2. The molecule has 4 heteroatoms. The molecule has 1 atom stereocenters. The summed E-state index contributed by atoms with van der Waals surface area (Å²) in [4.78, 5) is 22.1. The molecular weight excluding hydrogens is 208 g/mol. The van der Waals surface area contributed by atoms with Crippen molar-refractivity contribution in [1.29, 1.82) is 0 Å². The Balaban J connectivity index is 1.87. The van der Waals surface area contributed by atoms with E-state index in [4.69, 9.17) is 4.74 Å². The summed E-state index contributed by atoms with van der Waals surface area (Å²) in [5.74, 6) is -1.04. The van der Waals surface area contributed by atoms with E-state index in [2.05, 4.69) is 4.74 Å². The number of rotatable bonds is 3. The minimum atomic E-state index is -0.613. The first-order chi connectivity index (χ1) is 7.75. The van der Waals surface area contributed by atoms with Crippen LogP contribution in [0.3, 0.4) is 0 Å². The molecule has 2 rings (SSSR count). The third-order valence-corrected chi connectivity index (χ3v) is 2.38. The molecular formula is C12H12O4. The molecule has 0 aliphatic carbocycles. The third-order valence-electron chi connectivity index (χ3n) is 2.38. The maximum Gasteiger partial charge on any atom is 0.342 e. The van der Waals surface area contributed by atoms with Crippen molar-refractivity contribution in [3.63, 3.8) is 0 Å². The van der Waals surface area contributed by atoms with E-state index in [1.165, 1.54) is 0 Å². The van der Waals surface area contributed by atoms with Gasteiger partial charge in [-0.15, -0.1) is 0 Å². The second-order valence-corrected chi connectivity index (χ2v) is 3.62. The maximum atomic E-state index is 11.3. The third kappa shape index (κ3) is 2.67. The van der Waals surface area contributed by atoms with Gasteiger partial charge in [0.15, 0.2) is 6.10 Å². The van der Waals surface area contributed by atoms with Crippen LogP contribution in [0.5, 0.6) is 0 Å². The van der Waals surface area contributed by atoms with Crippen LogP contribution in [0.15, 0.2) is 30.3 Å². The fourth-order valence-electron chi connectivity index (χ4n) is 1.52. The SMILES string of the molecule is O=C1CCC(OCc2ccccc2)C(=O)O1. The predicted molar refractivity (Wildman–Crippen MR) is 55.4 cm³/mol. The highest BCUT2D eigenvalue weighted by Gasteiger charge is 2.29. The first-order valence-electron chi connectivity index (χ1n) is 5.16. The Hall–Kier alpha value is -1.68. The lowest BCUT2D eigenvalue weighted by Gasteiger charge is -2.19. The number of cyclic esters (lactones) is 2. The Morgan fingerprint density at radius 2 is 2.00 bits per heavy atom. The Labute approximate surface area is 93.2 Å². The van der Waals surface area contributed by atoms with E-state index in [1.54, 1.807) is 0 Å². The Kier molecular flexibility index (Phi) is 3.31. The quantitative estimate of drug-likeness (QED) is 0.571. The number of hydrogen-bond donors (Lipinski definition) is 0. The molecule has 0 saturated carbocycles. The Morgan fingerprint density at radius 3 is 2.69 bits per heavy atom. The highest BCUT2D eigenvalue weighted by Crippen LogP contribution is 2.14. The van der Waals surface area contributed by atoms with Gasteiger partial charge in [0.2, 0.25) is 0 Å². The summed E-state index contributed by atoms with van der Waals surface area (Å²) in [6, 6.07) is 9.55. The van der Waals surface area contributed by atoms with Crippen molar-refractivity contribution in [1.82, 2.24) is 0 Å². The Bertz CT molecular complexity index is 385. The van der Waals surface area contributed by atoms with Crippen molar-refractivity contribution in [2.45, 2.75) is 25.6 Å². The van der Waals surface area contributed by atoms with E-state index >= 15 is 0 Å². The summed E-state index contributed by atoms with van der Waals surface area (Å²) in [6.45, 7) is 0.356. The minimum absolute atomic E-state index is 0.241. The smallest absolute Gasteiger partial charge is 0.342 e.